The average Bonchev–Trinajstić information content (AvgIpc) is 2.21. The quantitative estimate of drug-likeness (QED) is 0.821. The van der Waals surface area contributed by atoms with Gasteiger partial charge in [0.15, 0.2) is 0 Å². The van der Waals surface area contributed by atoms with Crippen molar-refractivity contribution < 1.29 is 4.39 Å². The highest BCUT2D eigenvalue weighted by Gasteiger charge is 2.22. The van der Waals surface area contributed by atoms with E-state index in [1.165, 1.54) is 0 Å². The zero-order valence-corrected chi connectivity index (χ0v) is 9.02. The lowest BCUT2D eigenvalue weighted by molar-refractivity contribution is 0.238. The minimum absolute atomic E-state index is 0.353. The lowest BCUT2D eigenvalue weighted by Gasteiger charge is -2.24. The van der Waals surface area contributed by atoms with Gasteiger partial charge < -0.3 is 5.73 Å². The lowest BCUT2D eigenvalue weighted by Crippen LogP contribution is -2.31. The van der Waals surface area contributed by atoms with Crippen LogP contribution in [0, 0.1) is 5.41 Å². The zero-order chi connectivity index (χ0) is 10.6. The van der Waals surface area contributed by atoms with Gasteiger partial charge >= 0.3 is 0 Å². The van der Waals surface area contributed by atoms with E-state index >= 15 is 0 Å². The van der Waals surface area contributed by atoms with Crippen molar-refractivity contribution in [1.29, 1.82) is 0 Å². The Morgan fingerprint density at radius 2 is 1.93 bits per heavy atom. The monoisotopic (exact) mass is 215 g/mol. The fourth-order valence-corrected chi connectivity index (χ4v) is 1.40. The van der Waals surface area contributed by atoms with Gasteiger partial charge in [-0.15, -0.1) is 0 Å². The lowest BCUT2D eigenvalue weighted by atomic mass is 9.85. The van der Waals surface area contributed by atoms with Crippen LogP contribution in [0.2, 0.25) is 5.02 Å². The highest BCUT2D eigenvalue weighted by atomic mass is 35.5. The van der Waals surface area contributed by atoms with Crippen molar-refractivity contribution in [1.82, 2.24) is 0 Å². The molecule has 0 aromatic heterocycles. The number of alkyl halides is 1. The van der Waals surface area contributed by atoms with Crippen LogP contribution < -0.4 is 5.73 Å². The summed E-state index contributed by atoms with van der Waals surface area (Å²) in [7, 11) is 0. The van der Waals surface area contributed by atoms with E-state index in [-0.39, 0.29) is 0 Å². The van der Waals surface area contributed by atoms with E-state index in [0.717, 1.165) is 5.56 Å². The molecule has 78 valence electrons. The maximum absolute atomic E-state index is 12.7. The third-order valence-corrected chi connectivity index (χ3v) is 2.61. The van der Waals surface area contributed by atoms with Crippen LogP contribution in [0.3, 0.4) is 0 Å². The molecule has 0 fully saturated rings. The molecule has 0 bridgehead atoms. The molecule has 0 aliphatic rings. The van der Waals surface area contributed by atoms with Gasteiger partial charge in [0.1, 0.15) is 0 Å². The Labute approximate surface area is 89.1 Å². The van der Waals surface area contributed by atoms with E-state index in [4.69, 9.17) is 17.3 Å². The molecule has 1 unspecified atom stereocenters. The topological polar surface area (TPSA) is 26.0 Å². The molecule has 14 heavy (non-hydrogen) atoms. The smallest absolute Gasteiger partial charge is 0.0963 e. The van der Waals surface area contributed by atoms with Crippen molar-refractivity contribution >= 4 is 11.6 Å². The standard InChI is InChI=1S/C11H15ClFN/c1-11(7-13,8-14)6-9-2-4-10(12)5-3-9/h2-5H,6-8,14H2,1H3. The van der Waals surface area contributed by atoms with Crippen molar-refractivity contribution in [3.63, 3.8) is 0 Å². The van der Waals surface area contributed by atoms with Crippen molar-refractivity contribution in [2.45, 2.75) is 13.3 Å². The molecule has 0 aliphatic carbocycles. The van der Waals surface area contributed by atoms with E-state index in [0.29, 0.717) is 18.0 Å². The molecule has 0 amide bonds. The second kappa shape index (κ2) is 4.76. The van der Waals surface area contributed by atoms with E-state index in [9.17, 15) is 4.39 Å². The molecule has 0 aliphatic heterocycles. The van der Waals surface area contributed by atoms with Crippen LogP contribution in [0.15, 0.2) is 24.3 Å². The summed E-state index contributed by atoms with van der Waals surface area (Å²) in [6.07, 6.45) is 0.650. The third-order valence-electron chi connectivity index (χ3n) is 2.36. The molecule has 1 aromatic rings. The maximum atomic E-state index is 12.7. The van der Waals surface area contributed by atoms with E-state index in [1.54, 1.807) is 0 Å². The molecular formula is C11H15ClFN. The van der Waals surface area contributed by atoms with Crippen LogP contribution in [0.4, 0.5) is 4.39 Å². The van der Waals surface area contributed by atoms with Gasteiger partial charge in [0.25, 0.3) is 0 Å². The second-order valence-electron chi connectivity index (χ2n) is 3.95. The molecule has 0 spiro atoms. The molecule has 2 N–H and O–H groups in total. The molecule has 0 saturated heterocycles. The Bertz CT molecular complexity index is 280. The fraction of sp³-hybridized carbons (Fsp3) is 0.455. The van der Waals surface area contributed by atoms with Gasteiger partial charge in [-0.25, -0.2) is 0 Å². The normalized spacial score (nSPS) is 15.1. The van der Waals surface area contributed by atoms with Gasteiger partial charge in [-0.2, -0.15) is 0 Å². The van der Waals surface area contributed by atoms with Gasteiger partial charge in [-0.05, 0) is 24.1 Å². The minimum atomic E-state index is -0.451. The summed E-state index contributed by atoms with van der Waals surface area (Å²) in [4.78, 5) is 0. The first-order chi connectivity index (χ1) is 6.59. The summed E-state index contributed by atoms with van der Waals surface area (Å²) in [5.41, 5.74) is 6.15. The highest BCUT2D eigenvalue weighted by Crippen LogP contribution is 2.22. The number of rotatable bonds is 4. The van der Waals surface area contributed by atoms with Gasteiger partial charge in [0.2, 0.25) is 0 Å². The Hall–Kier alpha value is -0.600. The third kappa shape index (κ3) is 2.96. The maximum Gasteiger partial charge on any atom is 0.0963 e. The van der Waals surface area contributed by atoms with Gasteiger partial charge in [0.05, 0.1) is 6.67 Å². The van der Waals surface area contributed by atoms with E-state index in [1.807, 2.05) is 31.2 Å². The fourth-order valence-electron chi connectivity index (χ4n) is 1.27. The first kappa shape index (κ1) is 11.5. The highest BCUT2D eigenvalue weighted by molar-refractivity contribution is 6.30. The van der Waals surface area contributed by atoms with Crippen molar-refractivity contribution in [3.05, 3.63) is 34.9 Å². The molecule has 0 saturated carbocycles. The summed E-state index contributed by atoms with van der Waals surface area (Å²) in [6, 6.07) is 7.44. The molecule has 1 aromatic carbocycles. The summed E-state index contributed by atoms with van der Waals surface area (Å²) in [5, 5.41) is 0.698. The Balaban J connectivity index is 2.72. The van der Waals surface area contributed by atoms with Crippen LogP contribution in [0.25, 0.3) is 0 Å². The Morgan fingerprint density at radius 3 is 2.36 bits per heavy atom. The number of nitrogens with two attached hydrogens (primary N) is 1. The van der Waals surface area contributed by atoms with Crippen molar-refractivity contribution in [2.75, 3.05) is 13.2 Å². The van der Waals surface area contributed by atoms with Crippen molar-refractivity contribution in [3.8, 4) is 0 Å². The molecule has 1 nitrogen and oxygen atoms in total. The van der Waals surface area contributed by atoms with Crippen LogP contribution in [-0.4, -0.2) is 13.2 Å². The molecule has 0 heterocycles. The molecule has 1 atom stereocenters. The number of hydrogen-bond acceptors (Lipinski definition) is 1. The van der Waals surface area contributed by atoms with Gasteiger partial charge in [-0.3, -0.25) is 4.39 Å². The molecule has 3 heteroatoms. The predicted molar refractivity (Wildman–Crippen MR) is 58.3 cm³/mol. The van der Waals surface area contributed by atoms with E-state index < -0.39 is 12.1 Å². The van der Waals surface area contributed by atoms with Crippen LogP contribution in [0.1, 0.15) is 12.5 Å². The van der Waals surface area contributed by atoms with E-state index in [2.05, 4.69) is 0 Å². The predicted octanol–water partition coefficient (Wildman–Crippen LogP) is 2.82. The van der Waals surface area contributed by atoms with Crippen LogP contribution in [-0.2, 0) is 6.42 Å². The average molecular weight is 216 g/mol. The molecule has 0 radical (unpaired) electrons. The number of hydrogen-bond donors (Lipinski definition) is 1. The molecular weight excluding hydrogens is 201 g/mol. The summed E-state index contributed by atoms with van der Waals surface area (Å²) >= 11 is 5.75. The number of halogens is 2. The minimum Gasteiger partial charge on any atom is -0.330 e. The second-order valence-corrected chi connectivity index (χ2v) is 4.39. The first-order valence-corrected chi connectivity index (χ1v) is 4.98. The first-order valence-electron chi connectivity index (χ1n) is 4.60. The summed E-state index contributed by atoms with van der Waals surface area (Å²) in [6.45, 7) is 1.81. The summed E-state index contributed by atoms with van der Waals surface area (Å²) in [5.74, 6) is 0. The largest absolute Gasteiger partial charge is 0.330 e. The van der Waals surface area contributed by atoms with Crippen LogP contribution >= 0.6 is 11.6 Å². The summed E-state index contributed by atoms with van der Waals surface area (Å²) < 4.78 is 12.7. The Morgan fingerprint density at radius 1 is 1.36 bits per heavy atom. The van der Waals surface area contributed by atoms with Crippen molar-refractivity contribution in [2.24, 2.45) is 11.1 Å². The molecule has 1 rings (SSSR count). The van der Waals surface area contributed by atoms with Crippen LogP contribution in [0.5, 0.6) is 0 Å². The number of benzene rings is 1. The van der Waals surface area contributed by atoms with Gasteiger partial charge in [0, 0.05) is 17.0 Å². The zero-order valence-electron chi connectivity index (χ0n) is 8.26. The van der Waals surface area contributed by atoms with Gasteiger partial charge in [-0.1, -0.05) is 30.7 Å². The Kier molecular flexibility index (Phi) is 3.90. The SMILES string of the molecule is CC(CN)(CF)Cc1ccc(Cl)cc1.